The van der Waals surface area contributed by atoms with Crippen LogP contribution in [0.15, 0.2) is 41.5 Å². The Morgan fingerprint density at radius 1 is 1.26 bits per heavy atom. The van der Waals surface area contributed by atoms with Crippen molar-refractivity contribution in [1.29, 1.82) is 0 Å². The second-order valence-corrected chi connectivity index (χ2v) is 8.86. The number of pyridine rings is 1. The molecule has 0 spiro atoms. The van der Waals surface area contributed by atoms with Crippen molar-refractivity contribution in [3.05, 3.63) is 47.2 Å². The minimum Gasteiger partial charge on any atom is -0.493 e. The maximum absolute atomic E-state index is 12.3. The fourth-order valence-electron chi connectivity index (χ4n) is 3.71. The quantitative estimate of drug-likeness (QED) is 0.349. The van der Waals surface area contributed by atoms with Crippen LogP contribution in [-0.4, -0.2) is 54.2 Å². The highest BCUT2D eigenvalue weighted by atomic mass is 35.5. The number of nitrogens with zero attached hydrogens (tertiary/aromatic N) is 4. The molecular weight excluding hydrogens is 476 g/mol. The number of benzene rings is 1. The molecule has 11 heteroatoms. The van der Waals surface area contributed by atoms with E-state index in [1.807, 2.05) is 25.2 Å². The van der Waals surface area contributed by atoms with Gasteiger partial charge in [0.05, 0.1) is 52.2 Å². The number of fused-ring (bicyclic) bond motifs is 2. The number of amides is 1. The van der Waals surface area contributed by atoms with E-state index in [1.54, 1.807) is 36.3 Å². The Kier molecular flexibility index (Phi) is 6.18. The Morgan fingerprint density at radius 2 is 2.15 bits per heavy atom. The summed E-state index contributed by atoms with van der Waals surface area (Å²) in [6.45, 7) is 1.70. The molecule has 0 saturated heterocycles. The molecule has 0 radical (unpaired) electrons. The third kappa shape index (κ3) is 4.11. The van der Waals surface area contributed by atoms with E-state index in [9.17, 15) is 4.79 Å². The standard InChI is InChI=1S/C23H21ClN6O3S/c1-25-7-9-33-19-11-16-22(34-19)20(15-10-18-23(31)26-6-8-30(18)29-15)17(12-27-16)28-14-5-3-4-13(24)21(14)32-2/h3-6,10-12,25,28H,7-9H2,1-2H3. The molecule has 3 aromatic heterocycles. The molecule has 0 unspecified atom stereocenters. The van der Waals surface area contributed by atoms with Crippen molar-refractivity contribution in [2.45, 2.75) is 6.54 Å². The van der Waals surface area contributed by atoms with Gasteiger partial charge in [-0.15, -0.1) is 0 Å². The number of carbonyl (C=O) groups excluding carboxylic acids is 1. The van der Waals surface area contributed by atoms with E-state index in [1.165, 1.54) is 11.3 Å². The first-order valence-electron chi connectivity index (χ1n) is 10.5. The van der Waals surface area contributed by atoms with Crippen molar-refractivity contribution in [3.63, 3.8) is 0 Å². The minimum absolute atomic E-state index is 0.316. The van der Waals surface area contributed by atoms with Gasteiger partial charge >= 0.3 is 0 Å². The monoisotopic (exact) mass is 496 g/mol. The SMILES string of the molecule is CNCCOc1cc2ncc(Nc3cccc(Cl)c3OC)c(-c3cc4n(n3)CC=NC4=O)c2s1. The van der Waals surface area contributed by atoms with Crippen LogP contribution in [-0.2, 0) is 6.54 Å². The Hall–Kier alpha value is -3.47. The lowest BCUT2D eigenvalue weighted by Crippen LogP contribution is -2.15. The number of ether oxygens (including phenoxy) is 2. The van der Waals surface area contributed by atoms with Gasteiger partial charge in [0.25, 0.3) is 5.91 Å². The van der Waals surface area contributed by atoms with E-state index < -0.39 is 0 Å². The number of halogens is 1. The van der Waals surface area contributed by atoms with Crippen molar-refractivity contribution >= 4 is 56.7 Å². The molecule has 4 aromatic rings. The zero-order valence-corrected chi connectivity index (χ0v) is 20.0. The van der Waals surface area contributed by atoms with Gasteiger partial charge in [0.15, 0.2) is 10.8 Å². The average molecular weight is 497 g/mol. The predicted molar refractivity (Wildman–Crippen MR) is 134 cm³/mol. The zero-order chi connectivity index (χ0) is 23.7. The minimum atomic E-state index is -0.316. The van der Waals surface area contributed by atoms with Crippen molar-refractivity contribution < 1.29 is 14.3 Å². The first-order chi connectivity index (χ1) is 16.6. The summed E-state index contributed by atoms with van der Waals surface area (Å²) >= 11 is 7.81. The molecular formula is C23H21ClN6O3S. The third-order valence-electron chi connectivity index (χ3n) is 5.27. The Balaban J connectivity index is 1.65. The highest BCUT2D eigenvalue weighted by molar-refractivity contribution is 7.21. The molecule has 4 heterocycles. The second-order valence-electron chi connectivity index (χ2n) is 7.44. The van der Waals surface area contributed by atoms with Gasteiger partial charge in [-0.05, 0) is 25.2 Å². The number of aliphatic imine (C=N–C) groups is 1. The normalized spacial score (nSPS) is 12.7. The molecule has 1 aliphatic heterocycles. The van der Waals surface area contributed by atoms with E-state index in [2.05, 4.69) is 20.6 Å². The number of anilines is 2. The van der Waals surface area contributed by atoms with Gasteiger partial charge in [0, 0.05) is 24.4 Å². The molecule has 1 aliphatic rings. The van der Waals surface area contributed by atoms with Gasteiger partial charge in [-0.25, -0.2) is 4.99 Å². The molecule has 9 nitrogen and oxygen atoms in total. The van der Waals surface area contributed by atoms with Crippen molar-refractivity contribution in [2.75, 3.05) is 32.6 Å². The summed E-state index contributed by atoms with van der Waals surface area (Å²) in [5.41, 5.74) is 4.03. The third-order valence-corrected chi connectivity index (χ3v) is 6.63. The van der Waals surface area contributed by atoms with Crippen molar-refractivity contribution in [2.24, 2.45) is 4.99 Å². The van der Waals surface area contributed by atoms with E-state index in [-0.39, 0.29) is 5.91 Å². The summed E-state index contributed by atoms with van der Waals surface area (Å²) in [6, 6.07) is 9.14. The molecule has 34 heavy (non-hydrogen) atoms. The maximum Gasteiger partial charge on any atom is 0.294 e. The fraction of sp³-hybridized carbons (Fsp3) is 0.217. The smallest absolute Gasteiger partial charge is 0.294 e. The van der Waals surface area contributed by atoms with Crippen LogP contribution < -0.4 is 20.1 Å². The van der Waals surface area contributed by atoms with Crippen LogP contribution in [0.3, 0.4) is 0 Å². The van der Waals surface area contributed by atoms with Crippen LogP contribution in [0.25, 0.3) is 21.5 Å². The number of methoxy groups -OCH3 is 1. The van der Waals surface area contributed by atoms with Crippen LogP contribution in [0, 0.1) is 0 Å². The summed E-state index contributed by atoms with van der Waals surface area (Å²) in [4.78, 5) is 20.8. The molecule has 174 valence electrons. The average Bonchev–Trinajstić information content (AvgIpc) is 3.44. The van der Waals surface area contributed by atoms with Crippen LogP contribution in [0.4, 0.5) is 11.4 Å². The number of hydrogen-bond donors (Lipinski definition) is 2. The summed E-state index contributed by atoms with van der Waals surface area (Å²) in [5, 5.41) is 12.4. The number of thiophene rings is 1. The van der Waals surface area contributed by atoms with E-state index in [0.29, 0.717) is 46.7 Å². The van der Waals surface area contributed by atoms with Crippen LogP contribution in [0.5, 0.6) is 10.8 Å². The van der Waals surface area contributed by atoms with Crippen LogP contribution >= 0.6 is 22.9 Å². The number of rotatable bonds is 8. The molecule has 1 aromatic carbocycles. The highest BCUT2D eigenvalue weighted by Gasteiger charge is 2.23. The Labute approximate surface area is 204 Å². The number of para-hydroxylation sites is 1. The predicted octanol–water partition coefficient (Wildman–Crippen LogP) is 4.39. The Morgan fingerprint density at radius 3 is 2.94 bits per heavy atom. The van der Waals surface area contributed by atoms with E-state index in [4.69, 9.17) is 26.2 Å². The molecule has 0 aliphatic carbocycles. The highest BCUT2D eigenvalue weighted by Crippen LogP contribution is 2.43. The number of aromatic nitrogens is 3. The lowest BCUT2D eigenvalue weighted by Gasteiger charge is -2.15. The number of hydrogen-bond acceptors (Lipinski definition) is 8. The fourth-order valence-corrected chi connectivity index (χ4v) is 5.01. The Bertz CT molecular complexity index is 1410. The topological polar surface area (TPSA) is 103 Å². The second kappa shape index (κ2) is 9.41. The van der Waals surface area contributed by atoms with E-state index >= 15 is 0 Å². The molecule has 5 rings (SSSR count). The van der Waals surface area contributed by atoms with E-state index in [0.717, 1.165) is 27.4 Å². The summed E-state index contributed by atoms with van der Waals surface area (Å²) in [6.07, 6.45) is 3.29. The lowest BCUT2D eigenvalue weighted by molar-refractivity contribution is 0.0990. The number of likely N-dealkylation sites (N-methyl/N-ethyl adjacent to an activating group) is 1. The maximum atomic E-state index is 12.3. The molecule has 0 saturated carbocycles. The molecule has 0 bridgehead atoms. The van der Waals surface area contributed by atoms with Crippen molar-refractivity contribution in [3.8, 4) is 22.1 Å². The van der Waals surface area contributed by atoms with Gasteiger partial charge in [-0.1, -0.05) is 29.0 Å². The zero-order valence-electron chi connectivity index (χ0n) is 18.5. The molecule has 0 fully saturated rings. The van der Waals surface area contributed by atoms with Gasteiger partial charge < -0.3 is 20.1 Å². The van der Waals surface area contributed by atoms with Crippen molar-refractivity contribution in [1.82, 2.24) is 20.1 Å². The van der Waals surface area contributed by atoms with Crippen LogP contribution in [0.1, 0.15) is 10.5 Å². The largest absolute Gasteiger partial charge is 0.493 e. The summed E-state index contributed by atoms with van der Waals surface area (Å²) in [5.74, 6) is 0.203. The van der Waals surface area contributed by atoms with Gasteiger partial charge in [-0.2, -0.15) is 5.10 Å². The first-order valence-corrected chi connectivity index (χ1v) is 11.7. The number of nitrogens with one attached hydrogen (secondary N) is 2. The van der Waals surface area contributed by atoms with Gasteiger partial charge in [-0.3, -0.25) is 14.5 Å². The van der Waals surface area contributed by atoms with Gasteiger partial charge in [0.2, 0.25) is 0 Å². The molecule has 2 N–H and O–H groups in total. The molecule has 1 amide bonds. The summed E-state index contributed by atoms with van der Waals surface area (Å²) < 4.78 is 13.9. The lowest BCUT2D eigenvalue weighted by atomic mass is 10.1. The van der Waals surface area contributed by atoms with Crippen LogP contribution in [0.2, 0.25) is 5.02 Å². The molecule has 0 atom stereocenters. The van der Waals surface area contributed by atoms with Gasteiger partial charge in [0.1, 0.15) is 12.3 Å². The summed E-state index contributed by atoms with van der Waals surface area (Å²) in [7, 11) is 3.44. The first kappa shape index (κ1) is 22.3. The number of carbonyl (C=O) groups is 1.